The average Bonchev–Trinajstić information content (AvgIpc) is 2.41. The van der Waals surface area contributed by atoms with Crippen LogP contribution in [0.2, 0.25) is 0 Å². The molecule has 2 rings (SSSR count). The molecule has 3 heteroatoms. The summed E-state index contributed by atoms with van der Waals surface area (Å²) in [6.45, 7) is 0.620. The minimum atomic E-state index is 0.620. The highest BCUT2D eigenvalue weighted by molar-refractivity contribution is 5.71. The fourth-order valence-corrected chi connectivity index (χ4v) is 1.68. The third-order valence-corrected chi connectivity index (χ3v) is 2.56. The van der Waals surface area contributed by atoms with Crippen LogP contribution < -0.4 is 10.1 Å². The van der Waals surface area contributed by atoms with Crippen LogP contribution in [0.15, 0.2) is 54.6 Å². The van der Waals surface area contributed by atoms with Crippen molar-refractivity contribution in [1.29, 1.82) is 0 Å². The van der Waals surface area contributed by atoms with Crippen LogP contribution in [0, 0.1) is 0 Å². The fraction of sp³-hybridized carbons (Fsp3) is 0.133. The molecular weight excluding hydrogens is 226 g/mol. The van der Waals surface area contributed by atoms with Crippen LogP contribution in [0.1, 0.15) is 5.56 Å². The zero-order valence-electron chi connectivity index (χ0n) is 10.0. The first-order chi connectivity index (χ1) is 8.88. The van der Waals surface area contributed by atoms with Gasteiger partial charge in [-0.25, -0.2) is 0 Å². The predicted octanol–water partition coefficient (Wildman–Crippen LogP) is 2.88. The van der Waals surface area contributed by atoms with Crippen LogP contribution in [0.4, 0.5) is 5.69 Å². The summed E-state index contributed by atoms with van der Waals surface area (Å²) in [6.07, 6.45) is 1.52. The monoisotopic (exact) mass is 241 g/mol. The van der Waals surface area contributed by atoms with Gasteiger partial charge in [-0.3, -0.25) is 4.79 Å². The highest BCUT2D eigenvalue weighted by Crippen LogP contribution is 2.17. The van der Waals surface area contributed by atoms with Gasteiger partial charge in [0.15, 0.2) is 0 Å². The molecule has 0 saturated carbocycles. The van der Waals surface area contributed by atoms with Gasteiger partial charge in [-0.15, -0.1) is 0 Å². The Morgan fingerprint density at radius 1 is 1.06 bits per heavy atom. The Kier molecular flexibility index (Phi) is 4.36. The second kappa shape index (κ2) is 6.45. The molecule has 2 aromatic rings. The minimum absolute atomic E-state index is 0.620. The molecule has 0 bridgehead atoms. The van der Waals surface area contributed by atoms with Gasteiger partial charge in [0.05, 0.1) is 6.61 Å². The molecule has 0 aromatic heterocycles. The molecule has 0 aliphatic carbocycles. The van der Waals surface area contributed by atoms with E-state index < -0.39 is 0 Å². The topological polar surface area (TPSA) is 38.3 Å². The second-order valence-electron chi connectivity index (χ2n) is 3.87. The van der Waals surface area contributed by atoms with Crippen molar-refractivity contribution in [3.05, 3.63) is 60.2 Å². The van der Waals surface area contributed by atoms with Gasteiger partial charge in [-0.1, -0.05) is 36.4 Å². The lowest BCUT2D eigenvalue weighted by molar-refractivity contribution is -0.105. The number of amides is 1. The lowest BCUT2D eigenvalue weighted by Crippen LogP contribution is -2.01. The van der Waals surface area contributed by atoms with Crippen LogP contribution in [0.25, 0.3) is 0 Å². The zero-order valence-corrected chi connectivity index (χ0v) is 10.0. The number of anilines is 1. The Morgan fingerprint density at radius 2 is 1.89 bits per heavy atom. The van der Waals surface area contributed by atoms with E-state index >= 15 is 0 Å². The molecule has 18 heavy (non-hydrogen) atoms. The number of ether oxygens (including phenoxy) is 1. The van der Waals surface area contributed by atoms with Gasteiger partial charge in [-0.2, -0.15) is 0 Å². The van der Waals surface area contributed by atoms with E-state index in [-0.39, 0.29) is 0 Å². The van der Waals surface area contributed by atoms with Crippen LogP contribution in [0.5, 0.6) is 5.75 Å². The first-order valence-electron chi connectivity index (χ1n) is 5.85. The molecule has 0 aliphatic rings. The maximum Gasteiger partial charge on any atom is 0.211 e. The molecule has 0 radical (unpaired) electrons. The van der Waals surface area contributed by atoms with Crippen molar-refractivity contribution < 1.29 is 9.53 Å². The number of benzene rings is 2. The summed E-state index contributed by atoms with van der Waals surface area (Å²) >= 11 is 0. The zero-order chi connectivity index (χ0) is 12.6. The summed E-state index contributed by atoms with van der Waals surface area (Å²) < 4.78 is 5.64. The van der Waals surface area contributed by atoms with Crippen LogP contribution in [-0.2, 0) is 11.2 Å². The Bertz CT molecular complexity index is 497. The van der Waals surface area contributed by atoms with E-state index in [4.69, 9.17) is 4.74 Å². The first kappa shape index (κ1) is 12.2. The van der Waals surface area contributed by atoms with Gasteiger partial charge >= 0.3 is 0 Å². The van der Waals surface area contributed by atoms with Crippen molar-refractivity contribution in [2.45, 2.75) is 6.42 Å². The molecule has 0 unspecified atom stereocenters. The number of rotatable bonds is 6. The minimum Gasteiger partial charge on any atom is -0.493 e. The molecule has 0 saturated heterocycles. The molecule has 0 fully saturated rings. The van der Waals surface area contributed by atoms with Crippen molar-refractivity contribution in [2.24, 2.45) is 0 Å². The number of carbonyl (C=O) groups is 1. The highest BCUT2D eigenvalue weighted by atomic mass is 16.5. The van der Waals surface area contributed by atoms with E-state index in [0.29, 0.717) is 13.0 Å². The predicted molar refractivity (Wildman–Crippen MR) is 71.8 cm³/mol. The highest BCUT2D eigenvalue weighted by Gasteiger charge is 1.97. The van der Waals surface area contributed by atoms with Gasteiger partial charge in [0, 0.05) is 18.2 Å². The molecule has 2 aromatic carbocycles. The van der Waals surface area contributed by atoms with Gasteiger partial charge in [0.2, 0.25) is 6.41 Å². The van der Waals surface area contributed by atoms with Crippen LogP contribution in [0.3, 0.4) is 0 Å². The molecule has 0 heterocycles. The number of hydrogen-bond donors (Lipinski definition) is 1. The van der Waals surface area contributed by atoms with E-state index in [1.165, 1.54) is 5.56 Å². The Hall–Kier alpha value is -2.29. The summed E-state index contributed by atoms with van der Waals surface area (Å²) in [4.78, 5) is 10.3. The number of nitrogens with one attached hydrogen (secondary N) is 1. The van der Waals surface area contributed by atoms with E-state index in [2.05, 4.69) is 17.4 Å². The molecule has 92 valence electrons. The lowest BCUT2D eigenvalue weighted by atomic mass is 10.2. The molecule has 0 aliphatic heterocycles. The van der Waals surface area contributed by atoms with E-state index in [1.807, 2.05) is 36.4 Å². The van der Waals surface area contributed by atoms with E-state index in [1.54, 1.807) is 6.07 Å². The summed E-state index contributed by atoms with van der Waals surface area (Å²) in [5.74, 6) is 0.762. The summed E-state index contributed by atoms with van der Waals surface area (Å²) in [5, 5.41) is 2.60. The van der Waals surface area contributed by atoms with Gasteiger partial charge < -0.3 is 10.1 Å². The SMILES string of the molecule is O=CNc1cccc(OCCc2ccccc2)c1. The summed E-state index contributed by atoms with van der Waals surface area (Å²) in [7, 11) is 0. The van der Waals surface area contributed by atoms with Crippen molar-refractivity contribution in [3.8, 4) is 5.75 Å². The fourth-order valence-electron chi connectivity index (χ4n) is 1.68. The normalized spacial score (nSPS) is 9.78. The Labute approximate surface area is 106 Å². The van der Waals surface area contributed by atoms with Crippen molar-refractivity contribution in [2.75, 3.05) is 11.9 Å². The van der Waals surface area contributed by atoms with Gasteiger partial charge in [0.25, 0.3) is 0 Å². The van der Waals surface area contributed by atoms with Gasteiger partial charge in [0.1, 0.15) is 5.75 Å². The first-order valence-corrected chi connectivity index (χ1v) is 5.85. The molecule has 1 amide bonds. The van der Waals surface area contributed by atoms with Crippen LogP contribution >= 0.6 is 0 Å². The Morgan fingerprint density at radius 3 is 2.67 bits per heavy atom. The maximum atomic E-state index is 10.3. The third-order valence-electron chi connectivity index (χ3n) is 2.56. The summed E-state index contributed by atoms with van der Waals surface area (Å²) in [5.41, 5.74) is 1.99. The summed E-state index contributed by atoms with van der Waals surface area (Å²) in [6, 6.07) is 17.5. The smallest absolute Gasteiger partial charge is 0.211 e. The molecule has 0 spiro atoms. The van der Waals surface area contributed by atoms with Crippen molar-refractivity contribution in [1.82, 2.24) is 0 Å². The van der Waals surface area contributed by atoms with Gasteiger partial charge in [-0.05, 0) is 17.7 Å². The molecule has 1 N–H and O–H groups in total. The lowest BCUT2D eigenvalue weighted by Gasteiger charge is -2.07. The standard InChI is InChI=1S/C15H15NO2/c17-12-16-14-7-4-8-15(11-14)18-10-9-13-5-2-1-3-6-13/h1-8,11-12H,9-10H2,(H,16,17). The maximum absolute atomic E-state index is 10.3. The number of hydrogen-bond acceptors (Lipinski definition) is 2. The number of carbonyl (C=O) groups excluding carboxylic acids is 1. The Balaban J connectivity index is 1.86. The van der Waals surface area contributed by atoms with E-state index in [9.17, 15) is 4.79 Å². The second-order valence-corrected chi connectivity index (χ2v) is 3.87. The van der Waals surface area contributed by atoms with Crippen molar-refractivity contribution in [3.63, 3.8) is 0 Å². The van der Waals surface area contributed by atoms with Crippen LogP contribution in [-0.4, -0.2) is 13.0 Å². The average molecular weight is 241 g/mol. The van der Waals surface area contributed by atoms with E-state index in [0.717, 1.165) is 17.9 Å². The third kappa shape index (κ3) is 3.63. The quantitative estimate of drug-likeness (QED) is 0.790. The molecular formula is C15H15NO2. The van der Waals surface area contributed by atoms with Crippen molar-refractivity contribution >= 4 is 12.1 Å². The largest absolute Gasteiger partial charge is 0.493 e. The molecule has 3 nitrogen and oxygen atoms in total. The molecule has 0 atom stereocenters.